The van der Waals surface area contributed by atoms with Crippen molar-refractivity contribution in [1.29, 1.82) is 0 Å². The topological polar surface area (TPSA) is 69.2 Å². The van der Waals surface area contributed by atoms with Crippen molar-refractivity contribution in [3.8, 4) is 17.2 Å². The number of carbonyl (C=O) groups excluding carboxylic acids is 1. The molecule has 2 aromatic rings. The fraction of sp³-hybridized carbons (Fsp3) is 0.176. The molecular weight excluding hydrogens is 296 g/mol. The summed E-state index contributed by atoms with van der Waals surface area (Å²) < 4.78 is 15.5. The van der Waals surface area contributed by atoms with E-state index in [0.29, 0.717) is 28.4 Å². The molecule has 0 fully saturated rings. The number of para-hydroxylation sites is 1. The predicted octanol–water partition coefficient (Wildman–Crippen LogP) is 2.48. The van der Waals surface area contributed by atoms with Crippen LogP contribution in [0.2, 0.25) is 0 Å². The molecule has 0 saturated heterocycles. The Bertz CT molecular complexity index is 713. The van der Waals surface area contributed by atoms with Crippen LogP contribution in [0.5, 0.6) is 17.2 Å². The van der Waals surface area contributed by atoms with Gasteiger partial charge in [-0.3, -0.25) is 4.79 Å². The molecule has 0 aliphatic heterocycles. The molecule has 120 valence electrons. The molecule has 0 saturated carbocycles. The van der Waals surface area contributed by atoms with E-state index in [1.165, 1.54) is 13.3 Å². The fourth-order valence-corrected chi connectivity index (χ4v) is 1.98. The third-order valence-electron chi connectivity index (χ3n) is 3.16. The summed E-state index contributed by atoms with van der Waals surface area (Å²) in [4.78, 5) is 12.1. The van der Waals surface area contributed by atoms with Crippen molar-refractivity contribution in [2.24, 2.45) is 5.10 Å². The van der Waals surface area contributed by atoms with Crippen LogP contribution >= 0.6 is 0 Å². The molecule has 23 heavy (non-hydrogen) atoms. The molecule has 1 amide bonds. The Morgan fingerprint density at radius 1 is 1.00 bits per heavy atom. The molecule has 0 heterocycles. The van der Waals surface area contributed by atoms with E-state index in [2.05, 4.69) is 10.5 Å². The van der Waals surface area contributed by atoms with Crippen molar-refractivity contribution in [1.82, 2.24) is 5.43 Å². The van der Waals surface area contributed by atoms with Crippen LogP contribution in [0.4, 0.5) is 0 Å². The summed E-state index contributed by atoms with van der Waals surface area (Å²) in [5, 5.41) is 3.96. The minimum atomic E-state index is -0.355. The SMILES string of the molecule is COc1ccc(/C=N\NC(=O)c2ccccc2OC)c(OC)c1. The van der Waals surface area contributed by atoms with E-state index in [1.54, 1.807) is 56.7 Å². The quantitative estimate of drug-likeness (QED) is 0.657. The summed E-state index contributed by atoms with van der Waals surface area (Å²) in [6.07, 6.45) is 1.51. The van der Waals surface area contributed by atoms with Crippen molar-refractivity contribution in [3.63, 3.8) is 0 Å². The first kappa shape index (κ1) is 16.4. The van der Waals surface area contributed by atoms with Crippen molar-refractivity contribution in [2.75, 3.05) is 21.3 Å². The summed E-state index contributed by atoms with van der Waals surface area (Å²) in [7, 11) is 4.65. The summed E-state index contributed by atoms with van der Waals surface area (Å²) in [6, 6.07) is 12.2. The van der Waals surface area contributed by atoms with Gasteiger partial charge in [-0.1, -0.05) is 12.1 Å². The summed E-state index contributed by atoms with van der Waals surface area (Å²) in [6.45, 7) is 0. The number of nitrogens with zero attached hydrogens (tertiary/aromatic N) is 1. The minimum Gasteiger partial charge on any atom is -0.497 e. The van der Waals surface area contributed by atoms with Crippen LogP contribution in [0.1, 0.15) is 15.9 Å². The second-order valence-corrected chi connectivity index (χ2v) is 4.51. The van der Waals surface area contributed by atoms with Crippen LogP contribution in [0.25, 0.3) is 0 Å². The Hall–Kier alpha value is -3.02. The van der Waals surface area contributed by atoms with Gasteiger partial charge in [0, 0.05) is 11.6 Å². The van der Waals surface area contributed by atoms with E-state index in [9.17, 15) is 4.79 Å². The maximum atomic E-state index is 12.1. The average molecular weight is 314 g/mol. The van der Waals surface area contributed by atoms with Crippen molar-refractivity contribution < 1.29 is 19.0 Å². The van der Waals surface area contributed by atoms with Crippen molar-refractivity contribution in [3.05, 3.63) is 53.6 Å². The largest absolute Gasteiger partial charge is 0.497 e. The summed E-state index contributed by atoms with van der Waals surface area (Å²) >= 11 is 0. The molecule has 2 rings (SSSR count). The van der Waals surface area contributed by atoms with Gasteiger partial charge >= 0.3 is 0 Å². The first-order chi connectivity index (χ1) is 11.2. The number of hydrogen-bond donors (Lipinski definition) is 1. The number of amides is 1. The standard InChI is InChI=1S/C17H18N2O4/c1-21-13-9-8-12(16(10-13)23-3)11-18-19-17(20)14-6-4-5-7-15(14)22-2/h4-11H,1-3H3,(H,19,20)/b18-11-. The van der Waals surface area contributed by atoms with Gasteiger partial charge in [0.05, 0.1) is 33.1 Å². The highest BCUT2D eigenvalue weighted by Gasteiger charge is 2.10. The van der Waals surface area contributed by atoms with Gasteiger partial charge in [-0.2, -0.15) is 5.10 Å². The molecule has 1 N–H and O–H groups in total. The van der Waals surface area contributed by atoms with Gasteiger partial charge in [0.15, 0.2) is 0 Å². The molecule has 0 radical (unpaired) electrons. The molecule has 6 nitrogen and oxygen atoms in total. The number of rotatable bonds is 6. The number of nitrogens with one attached hydrogen (secondary N) is 1. The number of hydrazone groups is 1. The normalized spacial score (nSPS) is 10.4. The van der Waals surface area contributed by atoms with Crippen molar-refractivity contribution >= 4 is 12.1 Å². The third kappa shape index (κ3) is 4.00. The zero-order chi connectivity index (χ0) is 16.7. The molecule has 0 aromatic heterocycles. The van der Waals surface area contributed by atoms with Gasteiger partial charge in [-0.15, -0.1) is 0 Å². The number of benzene rings is 2. The second-order valence-electron chi connectivity index (χ2n) is 4.51. The first-order valence-electron chi connectivity index (χ1n) is 6.88. The second kappa shape index (κ2) is 7.84. The van der Waals surface area contributed by atoms with Crippen LogP contribution in [-0.4, -0.2) is 33.5 Å². The fourth-order valence-electron chi connectivity index (χ4n) is 1.98. The molecule has 0 atom stereocenters. The monoisotopic (exact) mass is 314 g/mol. The van der Waals surface area contributed by atoms with Gasteiger partial charge in [0.2, 0.25) is 0 Å². The first-order valence-corrected chi connectivity index (χ1v) is 6.88. The van der Waals surface area contributed by atoms with Gasteiger partial charge in [-0.25, -0.2) is 5.43 Å². The van der Waals surface area contributed by atoms with Crippen LogP contribution < -0.4 is 19.6 Å². The molecule has 0 unspecified atom stereocenters. The van der Waals surface area contributed by atoms with E-state index >= 15 is 0 Å². The molecule has 0 bridgehead atoms. The van der Waals surface area contributed by atoms with Gasteiger partial charge in [0.1, 0.15) is 17.2 Å². The third-order valence-corrected chi connectivity index (χ3v) is 3.16. The lowest BCUT2D eigenvalue weighted by molar-refractivity contribution is 0.0952. The molecular formula is C17H18N2O4. The van der Waals surface area contributed by atoms with Crippen LogP contribution in [0.3, 0.4) is 0 Å². The minimum absolute atomic E-state index is 0.355. The zero-order valence-corrected chi connectivity index (χ0v) is 13.2. The molecule has 0 spiro atoms. The lowest BCUT2D eigenvalue weighted by Gasteiger charge is -2.07. The van der Waals surface area contributed by atoms with Gasteiger partial charge in [-0.05, 0) is 24.3 Å². The van der Waals surface area contributed by atoms with Gasteiger partial charge in [0.25, 0.3) is 5.91 Å². The van der Waals surface area contributed by atoms with E-state index < -0.39 is 0 Å². The number of hydrogen-bond acceptors (Lipinski definition) is 5. The Morgan fingerprint density at radius 2 is 1.74 bits per heavy atom. The number of carbonyl (C=O) groups is 1. The highest BCUT2D eigenvalue weighted by molar-refractivity contribution is 5.97. The van der Waals surface area contributed by atoms with E-state index in [4.69, 9.17) is 14.2 Å². The highest BCUT2D eigenvalue weighted by Crippen LogP contribution is 2.23. The maximum absolute atomic E-state index is 12.1. The van der Waals surface area contributed by atoms with Crippen LogP contribution in [-0.2, 0) is 0 Å². The molecule has 0 aliphatic rings. The Morgan fingerprint density at radius 3 is 2.43 bits per heavy atom. The predicted molar refractivity (Wildman–Crippen MR) is 87.6 cm³/mol. The highest BCUT2D eigenvalue weighted by atomic mass is 16.5. The van der Waals surface area contributed by atoms with Crippen molar-refractivity contribution in [2.45, 2.75) is 0 Å². The summed E-state index contributed by atoms with van der Waals surface area (Å²) in [5.74, 6) is 1.41. The summed E-state index contributed by atoms with van der Waals surface area (Å²) in [5.41, 5.74) is 3.59. The van der Waals surface area contributed by atoms with E-state index in [-0.39, 0.29) is 5.91 Å². The lowest BCUT2D eigenvalue weighted by Crippen LogP contribution is -2.18. The zero-order valence-electron chi connectivity index (χ0n) is 13.2. The smallest absolute Gasteiger partial charge is 0.275 e. The lowest BCUT2D eigenvalue weighted by atomic mass is 10.2. The van der Waals surface area contributed by atoms with Crippen LogP contribution in [0.15, 0.2) is 47.6 Å². The Labute approximate surface area is 134 Å². The average Bonchev–Trinajstić information content (AvgIpc) is 2.61. The number of methoxy groups -OCH3 is 3. The van der Waals surface area contributed by atoms with Crippen LogP contribution in [0, 0.1) is 0 Å². The Balaban J connectivity index is 2.11. The maximum Gasteiger partial charge on any atom is 0.275 e. The molecule has 6 heteroatoms. The molecule has 2 aromatic carbocycles. The van der Waals surface area contributed by atoms with E-state index in [0.717, 1.165) is 0 Å². The molecule has 0 aliphatic carbocycles. The van der Waals surface area contributed by atoms with E-state index in [1.807, 2.05) is 0 Å². The number of ether oxygens (including phenoxy) is 3. The Kier molecular flexibility index (Phi) is 5.57. The van der Waals surface area contributed by atoms with Gasteiger partial charge < -0.3 is 14.2 Å².